The summed E-state index contributed by atoms with van der Waals surface area (Å²) < 4.78 is 1.80. The van der Waals surface area contributed by atoms with Crippen molar-refractivity contribution in [3.8, 4) is 11.3 Å². The smallest absolute Gasteiger partial charge is 0.189 e. The van der Waals surface area contributed by atoms with Crippen molar-refractivity contribution in [3.63, 3.8) is 0 Å². The van der Waals surface area contributed by atoms with Crippen LogP contribution in [0.4, 0.5) is 0 Å². The van der Waals surface area contributed by atoms with Crippen LogP contribution in [-0.2, 0) is 0 Å². The first-order valence-electron chi connectivity index (χ1n) is 5.03. The Morgan fingerprint density at radius 1 is 1.31 bits per heavy atom. The Labute approximate surface area is 99.2 Å². The summed E-state index contributed by atoms with van der Waals surface area (Å²) in [5.41, 5.74) is 2.07. The molecule has 0 saturated carbocycles. The van der Waals surface area contributed by atoms with Crippen molar-refractivity contribution in [1.29, 1.82) is 0 Å². The Bertz CT molecular complexity index is 488. The lowest BCUT2D eigenvalue weighted by Gasteiger charge is -1.94. The largest absolute Gasteiger partial charge is 0.221 e. The highest BCUT2D eigenvalue weighted by Gasteiger charge is 2.07. The second kappa shape index (κ2) is 4.99. The van der Waals surface area contributed by atoms with E-state index in [-0.39, 0.29) is 0 Å². The highest BCUT2D eigenvalue weighted by molar-refractivity contribution is 7.98. The topological polar surface area (TPSA) is 30.2 Å². The molecule has 2 rings (SSSR count). The van der Waals surface area contributed by atoms with Gasteiger partial charge in [0.15, 0.2) is 5.16 Å². The first-order chi connectivity index (χ1) is 7.85. The van der Waals surface area contributed by atoms with E-state index in [1.165, 1.54) is 0 Å². The monoisotopic (exact) mass is 231 g/mol. The van der Waals surface area contributed by atoms with Crippen LogP contribution in [0.15, 0.2) is 46.8 Å². The van der Waals surface area contributed by atoms with Crippen molar-refractivity contribution in [3.05, 3.63) is 36.5 Å². The molecule has 0 fully saturated rings. The van der Waals surface area contributed by atoms with Gasteiger partial charge in [-0.1, -0.05) is 42.1 Å². The van der Waals surface area contributed by atoms with Crippen LogP contribution in [0.2, 0.25) is 0 Å². The summed E-state index contributed by atoms with van der Waals surface area (Å²) in [5.74, 6) is 0. The molecule has 0 amide bonds. The SMILES string of the molecule is C/C=N/n1cc(-c2ccccc2)nc1SC. The highest BCUT2D eigenvalue weighted by atomic mass is 32.2. The molecule has 0 spiro atoms. The van der Waals surface area contributed by atoms with Crippen molar-refractivity contribution >= 4 is 18.0 Å². The fraction of sp³-hybridized carbons (Fsp3) is 0.167. The molecule has 0 unspecified atom stereocenters. The van der Waals surface area contributed by atoms with Crippen LogP contribution in [0.3, 0.4) is 0 Å². The van der Waals surface area contributed by atoms with E-state index < -0.39 is 0 Å². The summed E-state index contributed by atoms with van der Waals surface area (Å²) in [6.07, 6.45) is 5.70. The summed E-state index contributed by atoms with van der Waals surface area (Å²) in [6, 6.07) is 10.1. The van der Waals surface area contributed by atoms with Gasteiger partial charge >= 0.3 is 0 Å². The zero-order valence-corrected chi connectivity index (χ0v) is 10.1. The fourth-order valence-corrected chi connectivity index (χ4v) is 1.93. The third-order valence-corrected chi connectivity index (χ3v) is 2.79. The number of hydrogen-bond acceptors (Lipinski definition) is 3. The summed E-state index contributed by atoms with van der Waals surface area (Å²) in [5, 5.41) is 5.13. The molecule has 1 heterocycles. The van der Waals surface area contributed by atoms with Crippen molar-refractivity contribution in [2.45, 2.75) is 12.1 Å². The number of nitrogens with zero attached hydrogens (tertiary/aromatic N) is 3. The molecule has 0 aliphatic heterocycles. The van der Waals surface area contributed by atoms with Crippen molar-refractivity contribution < 1.29 is 0 Å². The molecule has 3 nitrogen and oxygen atoms in total. The van der Waals surface area contributed by atoms with E-state index in [4.69, 9.17) is 0 Å². The van der Waals surface area contributed by atoms with Gasteiger partial charge in [0.05, 0.1) is 11.9 Å². The second-order valence-electron chi connectivity index (χ2n) is 3.20. The lowest BCUT2D eigenvalue weighted by atomic mass is 10.2. The Morgan fingerprint density at radius 3 is 2.69 bits per heavy atom. The van der Waals surface area contributed by atoms with Crippen molar-refractivity contribution in [1.82, 2.24) is 9.66 Å². The lowest BCUT2D eigenvalue weighted by molar-refractivity contribution is 0.768. The molecule has 0 radical (unpaired) electrons. The van der Waals surface area contributed by atoms with E-state index in [1.54, 1.807) is 22.7 Å². The summed E-state index contributed by atoms with van der Waals surface area (Å²) in [7, 11) is 0. The van der Waals surface area contributed by atoms with Crippen LogP contribution in [0, 0.1) is 0 Å². The molecule has 1 aromatic carbocycles. The molecule has 16 heavy (non-hydrogen) atoms. The van der Waals surface area contributed by atoms with Gasteiger partial charge in [-0.2, -0.15) is 5.10 Å². The number of hydrogen-bond donors (Lipinski definition) is 0. The normalized spacial score (nSPS) is 11.1. The van der Waals surface area contributed by atoms with Gasteiger partial charge in [0, 0.05) is 11.8 Å². The van der Waals surface area contributed by atoms with Gasteiger partial charge in [0.1, 0.15) is 0 Å². The van der Waals surface area contributed by atoms with Crippen molar-refractivity contribution in [2.24, 2.45) is 5.10 Å². The summed E-state index contributed by atoms with van der Waals surface area (Å²) in [6.45, 7) is 1.90. The second-order valence-corrected chi connectivity index (χ2v) is 3.97. The van der Waals surface area contributed by atoms with Crippen molar-refractivity contribution in [2.75, 3.05) is 6.26 Å². The van der Waals surface area contributed by atoms with Crippen LogP contribution >= 0.6 is 11.8 Å². The molecular formula is C12H13N3S. The molecule has 0 saturated heterocycles. The number of rotatable bonds is 3. The molecule has 4 heteroatoms. The number of thioether (sulfide) groups is 1. The number of imidazole rings is 1. The fourth-order valence-electron chi connectivity index (χ4n) is 1.45. The Balaban J connectivity index is 2.44. The third kappa shape index (κ3) is 2.17. The van der Waals surface area contributed by atoms with E-state index >= 15 is 0 Å². The molecule has 1 aromatic heterocycles. The maximum atomic E-state index is 4.53. The highest BCUT2D eigenvalue weighted by Crippen LogP contribution is 2.22. The Hall–Kier alpha value is -1.55. The van der Waals surface area contributed by atoms with Crippen LogP contribution in [0.25, 0.3) is 11.3 Å². The van der Waals surface area contributed by atoms with E-state index in [0.29, 0.717) is 0 Å². The average Bonchev–Trinajstić information content (AvgIpc) is 2.74. The predicted octanol–water partition coefficient (Wildman–Crippen LogP) is 3.13. The van der Waals surface area contributed by atoms with Gasteiger partial charge in [0.25, 0.3) is 0 Å². The number of aromatic nitrogens is 2. The zero-order valence-electron chi connectivity index (χ0n) is 9.29. The minimum atomic E-state index is 0.900. The van der Waals surface area contributed by atoms with Gasteiger partial charge in [-0.25, -0.2) is 9.66 Å². The Morgan fingerprint density at radius 2 is 2.06 bits per heavy atom. The summed E-state index contributed by atoms with van der Waals surface area (Å²) >= 11 is 1.59. The van der Waals surface area contributed by atoms with Crippen LogP contribution in [-0.4, -0.2) is 22.1 Å². The number of benzene rings is 1. The van der Waals surface area contributed by atoms with E-state index in [9.17, 15) is 0 Å². The standard InChI is InChI=1S/C12H13N3S/c1-3-13-15-9-11(14-12(15)16-2)10-7-5-4-6-8-10/h3-9H,1-2H3/b13-3+. The molecule has 0 bridgehead atoms. The summed E-state index contributed by atoms with van der Waals surface area (Å²) in [4.78, 5) is 4.53. The van der Waals surface area contributed by atoms with Crippen LogP contribution in [0.1, 0.15) is 6.92 Å². The minimum Gasteiger partial charge on any atom is -0.221 e. The van der Waals surface area contributed by atoms with Crippen LogP contribution in [0.5, 0.6) is 0 Å². The molecular weight excluding hydrogens is 218 g/mol. The van der Waals surface area contributed by atoms with Crippen LogP contribution < -0.4 is 0 Å². The first-order valence-corrected chi connectivity index (χ1v) is 6.25. The van der Waals surface area contributed by atoms with E-state index in [1.807, 2.05) is 49.7 Å². The molecule has 0 aliphatic rings. The molecule has 0 aliphatic carbocycles. The Kier molecular flexibility index (Phi) is 3.41. The average molecular weight is 231 g/mol. The van der Waals surface area contributed by atoms with Gasteiger partial charge in [0.2, 0.25) is 0 Å². The first kappa shape index (κ1) is 11.0. The maximum Gasteiger partial charge on any atom is 0.189 e. The quantitative estimate of drug-likeness (QED) is 0.600. The molecule has 0 N–H and O–H groups in total. The minimum absolute atomic E-state index is 0.900. The van der Waals surface area contributed by atoms with E-state index in [2.05, 4.69) is 10.1 Å². The maximum absolute atomic E-state index is 4.53. The molecule has 82 valence electrons. The molecule has 2 aromatic rings. The third-order valence-electron chi connectivity index (χ3n) is 2.15. The van der Waals surface area contributed by atoms with Gasteiger partial charge in [-0.05, 0) is 13.2 Å². The predicted molar refractivity (Wildman–Crippen MR) is 69.0 cm³/mol. The lowest BCUT2D eigenvalue weighted by Crippen LogP contribution is -1.87. The van der Waals surface area contributed by atoms with Gasteiger partial charge in [-0.15, -0.1) is 0 Å². The molecule has 0 atom stereocenters. The van der Waals surface area contributed by atoms with Gasteiger partial charge < -0.3 is 0 Å². The zero-order chi connectivity index (χ0) is 11.4. The van der Waals surface area contributed by atoms with E-state index in [0.717, 1.165) is 16.4 Å². The van der Waals surface area contributed by atoms with Gasteiger partial charge in [-0.3, -0.25) is 0 Å².